The first-order valence-corrected chi connectivity index (χ1v) is 6.77. The molecule has 110 valence electrons. The summed E-state index contributed by atoms with van der Waals surface area (Å²) >= 11 is 0. The summed E-state index contributed by atoms with van der Waals surface area (Å²) in [5.74, 6) is 0. The lowest BCUT2D eigenvalue weighted by atomic mass is 10.3. The molecule has 2 N–H and O–H groups in total. The Balaban J connectivity index is 3.23. The zero-order valence-corrected chi connectivity index (χ0v) is 12.0. The molecule has 0 saturated carbocycles. The van der Waals surface area contributed by atoms with Crippen LogP contribution in [-0.2, 0) is 14.2 Å². The van der Waals surface area contributed by atoms with Crippen molar-refractivity contribution in [1.29, 1.82) is 0 Å². The van der Waals surface area contributed by atoms with Crippen LogP contribution in [0.1, 0.15) is 26.7 Å². The van der Waals surface area contributed by atoms with Gasteiger partial charge in [-0.15, -0.1) is 0 Å². The van der Waals surface area contributed by atoms with Gasteiger partial charge in [0.25, 0.3) is 0 Å². The van der Waals surface area contributed by atoms with E-state index in [0.29, 0.717) is 19.8 Å². The molecule has 0 fully saturated rings. The normalized spacial score (nSPS) is 14.7. The van der Waals surface area contributed by atoms with Crippen LogP contribution in [-0.4, -0.2) is 63.9 Å². The number of aliphatic hydroxyl groups is 1. The number of hydrogen-bond acceptors (Lipinski definition) is 5. The first-order valence-electron chi connectivity index (χ1n) is 6.77. The summed E-state index contributed by atoms with van der Waals surface area (Å²) in [6, 6.07) is 0. The van der Waals surface area contributed by atoms with Crippen molar-refractivity contribution in [2.75, 3.05) is 46.6 Å². The Hall–Kier alpha value is -0.200. The van der Waals surface area contributed by atoms with Crippen molar-refractivity contribution in [2.24, 2.45) is 0 Å². The SMILES string of the molecule is CCCOCCCNCC(O)COC(C)COC. The van der Waals surface area contributed by atoms with Gasteiger partial charge in [0, 0.05) is 26.9 Å². The fraction of sp³-hybridized carbons (Fsp3) is 1.00. The Morgan fingerprint density at radius 3 is 2.67 bits per heavy atom. The molecule has 0 spiro atoms. The van der Waals surface area contributed by atoms with E-state index in [1.165, 1.54) is 0 Å². The Morgan fingerprint density at radius 2 is 2.00 bits per heavy atom. The van der Waals surface area contributed by atoms with Gasteiger partial charge in [-0.3, -0.25) is 0 Å². The zero-order chi connectivity index (χ0) is 13.6. The maximum atomic E-state index is 9.65. The molecule has 0 rings (SSSR count). The van der Waals surface area contributed by atoms with Gasteiger partial charge < -0.3 is 24.6 Å². The van der Waals surface area contributed by atoms with E-state index in [4.69, 9.17) is 14.2 Å². The predicted octanol–water partition coefficient (Wildman–Crippen LogP) is 0.805. The third-order valence-electron chi connectivity index (χ3n) is 2.35. The van der Waals surface area contributed by atoms with Gasteiger partial charge in [0.2, 0.25) is 0 Å². The highest BCUT2D eigenvalue weighted by Gasteiger charge is 2.07. The van der Waals surface area contributed by atoms with Gasteiger partial charge in [-0.2, -0.15) is 0 Å². The van der Waals surface area contributed by atoms with E-state index in [-0.39, 0.29) is 6.10 Å². The molecule has 2 unspecified atom stereocenters. The minimum atomic E-state index is -0.471. The van der Waals surface area contributed by atoms with E-state index in [0.717, 1.165) is 32.6 Å². The van der Waals surface area contributed by atoms with Crippen molar-refractivity contribution in [1.82, 2.24) is 5.32 Å². The van der Waals surface area contributed by atoms with Crippen molar-refractivity contribution in [3.63, 3.8) is 0 Å². The summed E-state index contributed by atoms with van der Waals surface area (Å²) in [5, 5.41) is 12.8. The van der Waals surface area contributed by atoms with Crippen LogP contribution in [0.3, 0.4) is 0 Å². The summed E-state index contributed by atoms with van der Waals surface area (Å²) in [6.07, 6.45) is 1.57. The lowest BCUT2D eigenvalue weighted by Gasteiger charge is -2.16. The van der Waals surface area contributed by atoms with E-state index < -0.39 is 6.10 Å². The molecule has 0 saturated heterocycles. The second-order valence-electron chi connectivity index (χ2n) is 4.42. The fourth-order valence-electron chi connectivity index (χ4n) is 1.43. The molecule has 0 aromatic carbocycles. The smallest absolute Gasteiger partial charge is 0.0897 e. The zero-order valence-electron chi connectivity index (χ0n) is 12.0. The Labute approximate surface area is 111 Å². The van der Waals surface area contributed by atoms with Crippen LogP contribution in [0, 0.1) is 0 Å². The molecule has 0 aromatic rings. The van der Waals surface area contributed by atoms with Gasteiger partial charge in [-0.1, -0.05) is 6.92 Å². The number of rotatable bonds is 13. The Kier molecular flexibility index (Phi) is 13.1. The monoisotopic (exact) mass is 263 g/mol. The second-order valence-corrected chi connectivity index (χ2v) is 4.42. The largest absolute Gasteiger partial charge is 0.389 e. The first-order chi connectivity index (χ1) is 8.70. The van der Waals surface area contributed by atoms with Gasteiger partial charge >= 0.3 is 0 Å². The number of hydrogen-bond donors (Lipinski definition) is 2. The van der Waals surface area contributed by atoms with Crippen LogP contribution in [0.15, 0.2) is 0 Å². The van der Waals surface area contributed by atoms with Crippen molar-refractivity contribution >= 4 is 0 Å². The third-order valence-corrected chi connectivity index (χ3v) is 2.35. The quantitative estimate of drug-likeness (QED) is 0.481. The van der Waals surface area contributed by atoms with Crippen LogP contribution in [0.5, 0.6) is 0 Å². The molecule has 0 radical (unpaired) electrons. The van der Waals surface area contributed by atoms with Crippen molar-refractivity contribution in [2.45, 2.75) is 38.9 Å². The average molecular weight is 263 g/mol. The highest BCUT2D eigenvalue weighted by atomic mass is 16.5. The van der Waals surface area contributed by atoms with Crippen LogP contribution < -0.4 is 5.32 Å². The predicted molar refractivity (Wildman–Crippen MR) is 71.9 cm³/mol. The Morgan fingerprint density at radius 1 is 1.22 bits per heavy atom. The van der Waals surface area contributed by atoms with Crippen LogP contribution >= 0.6 is 0 Å². The summed E-state index contributed by atoms with van der Waals surface area (Å²) in [6.45, 7) is 7.92. The summed E-state index contributed by atoms with van der Waals surface area (Å²) in [4.78, 5) is 0. The second kappa shape index (κ2) is 13.2. The molecule has 0 amide bonds. The first kappa shape index (κ1) is 17.8. The highest BCUT2D eigenvalue weighted by molar-refractivity contribution is 4.59. The molecule has 0 aliphatic rings. The molecular formula is C13H29NO4. The fourth-order valence-corrected chi connectivity index (χ4v) is 1.43. The van der Waals surface area contributed by atoms with Gasteiger partial charge in [-0.05, 0) is 26.3 Å². The Bertz CT molecular complexity index is 169. The van der Waals surface area contributed by atoms with E-state index in [9.17, 15) is 5.11 Å². The molecule has 18 heavy (non-hydrogen) atoms. The maximum absolute atomic E-state index is 9.65. The molecule has 0 aliphatic heterocycles. The average Bonchev–Trinajstić information content (AvgIpc) is 2.35. The van der Waals surface area contributed by atoms with E-state index >= 15 is 0 Å². The van der Waals surface area contributed by atoms with E-state index in [1.54, 1.807) is 7.11 Å². The molecule has 0 aromatic heterocycles. The molecular weight excluding hydrogens is 234 g/mol. The maximum Gasteiger partial charge on any atom is 0.0897 e. The number of methoxy groups -OCH3 is 1. The molecule has 5 heteroatoms. The minimum absolute atomic E-state index is 0.0205. The van der Waals surface area contributed by atoms with Crippen molar-refractivity contribution < 1.29 is 19.3 Å². The highest BCUT2D eigenvalue weighted by Crippen LogP contribution is 1.93. The van der Waals surface area contributed by atoms with Crippen LogP contribution in [0.25, 0.3) is 0 Å². The number of aliphatic hydroxyl groups excluding tert-OH is 1. The minimum Gasteiger partial charge on any atom is -0.389 e. The molecule has 0 bridgehead atoms. The van der Waals surface area contributed by atoms with Gasteiger partial charge in [0.05, 0.1) is 25.4 Å². The van der Waals surface area contributed by atoms with Gasteiger partial charge in [0.1, 0.15) is 0 Å². The lowest BCUT2D eigenvalue weighted by molar-refractivity contribution is -0.0311. The van der Waals surface area contributed by atoms with Crippen LogP contribution in [0.2, 0.25) is 0 Å². The molecule has 5 nitrogen and oxygen atoms in total. The molecule has 0 aliphatic carbocycles. The topological polar surface area (TPSA) is 60.0 Å². The molecule has 2 atom stereocenters. The van der Waals surface area contributed by atoms with Crippen molar-refractivity contribution in [3.8, 4) is 0 Å². The lowest BCUT2D eigenvalue weighted by Crippen LogP contribution is -2.33. The van der Waals surface area contributed by atoms with E-state index in [1.807, 2.05) is 6.92 Å². The summed E-state index contributed by atoms with van der Waals surface area (Å²) < 4.78 is 15.7. The third kappa shape index (κ3) is 12.3. The molecule has 0 heterocycles. The number of nitrogens with one attached hydrogen (secondary N) is 1. The summed E-state index contributed by atoms with van der Waals surface area (Å²) in [5.41, 5.74) is 0. The van der Waals surface area contributed by atoms with E-state index in [2.05, 4.69) is 12.2 Å². The van der Waals surface area contributed by atoms with Crippen LogP contribution in [0.4, 0.5) is 0 Å². The standard InChI is InChI=1S/C13H29NO4/c1-4-7-17-8-5-6-14-9-13(15)11-18-12(2)10-16-3/h12-15H,4-11H2,1-3H3. The van der Waals surface area contributed by atoms with Gasteiger partial charge in [-0.25, -0.2) is 0 Å². The number of ether oxygens (including phenoxy) is 3. The van der Waals surface area contributed by atoms with Gasteiger partial charge in [0.15, 0.2) is 0 Å². The van der Waals surface area contributed by atoms with Crippen molar-refractivity contribution in [3.05, 3.63) is 0 Å². The summed E-state index contributed by atoms with van der Waals surface area (Å²) in [7, 11) is 1.64.